The van der Waals surface area contributed by atoms with Crippen LogP contribution in [0.2, 0.25) is 0 Å². The number of aromatic hydroxyl groups is 1. The van der Waals surface area contributed by atoms with Gasteiger partial charge in [-0.1, -0.05) is 32.4 Å². The molecule has 0 radical (unpaired) electrons. The van der Waals surface area contributed by atoms with Crippen molar-refractivity contribution in [2.24, 2.45) is 11.7 Å². The standard InChI is InChI=1S/C18H27N3O5S/c1-3-10(2)15(21-16(23)13(19)9-27)17(24)20-14(18(25)26)8-11-4-6-12(22)7-5-11/h4-7,10,13-15,22,27H,3,8-9,19H2,1-2H3,(H,20,24)(H,21,23)(H,25,26). The van der Waals surface area contributed by atoms with E-state index in [9.17, 15) is 24.6 Å². The number of nitrogens with one attached hydrogen (secondary N) is 2. The highest BCUT2D eigenvalue weighted by Gasteiger charge is 2.30. The molecule has 0 saturated heterocycles. The van der Waals surface area contributed by atoms with E-state index in [0.29, 0.717) is 12.0 Å². The van der Waals surface area contributed by atoms with Gasteiger partial charge < -0.3 is 26.6 Å². The lowest BCUT2D eigenvalue weighted by Gasteiger charge is -2.26. The number of hydrogen-bond donors (Lipinski definition) is 6. The number of phenols is 1. The Hall–Kier alpha value is -2.26. The van der Waals surface area contributed by atoms with Crippen molar-refractivity contribution >= 4 is 30.4 Å². The van der Waals surface area contributed by atoms with Gasteiger partial charge in [-0.15, -0.1) is 0 Å². The van der Waals surface area contributed by atoms with Crippen molar-refractivity contribution in [1.29, 1.82) is 0 Å². The van der Waals surface area contributed by atoms with Gasteiger partial charge in [-0.3, -0.25) is 9.59 Å². The molecular formula is C18H27N3O5S. The Balaban J connectivity index is 2.89. The Morgan fingerprint density at radius 1 is 1.15 bits per heavy atom. The van der Waals surface area contributed by atoms with E-state index in [0.717, 1.165) is 0 Å². The van der Waals surface area contributed by atoms with Crippen LogP contribution in [0.4, 0.5) is 0 Å². The maximum absolute atomic E-state index is 12.7. The Bertz CT molecular complexity index is 653. The summed E-state index contributed by atoms with van der Waals surface area (Å²) in [5.41, 5.74) is 6.28. The number of rotatable bonds is 10. The first-order chi connectivity index (χ1) is 12.7. The van der Waals surface area contributed by atoms with Crippen molar-refractivity contribution in [3.05, 3.63) is 29.8 Å². The second-order valence-electron chi connectivity index (χ2n) is 6.43. The number of carboxylic acid groups (broad SMARTS) is 1. The van der Waals surface area contributed by atoms with E-state index in [1.165, 1.54) is 12.1 Å². The zero-order chi connectivity index (χ0) is 20.6. The maximum Gasteiger partial charge on any atom is 0.326 e. The van der Waals surface area contributed by atoms with Crippen LogP contribution in [0.15, 0.2) is 24.3 Å². The first-order valence-corrected chi connectivity index (χ1v) is 9.30. The molecule has 4 atom stereocenters. The second-order valence-corrected chi connectivity index (χ2v) is 6.80. The fourth-order valence-electron chi connectivity index (χ4n) is 2.37. The van der Waals surface area contributed by atoms with Crippen LogP contribution < -0.4 is 16.4 Å². The highest BCUT2D eigenvalue weighted by molar-refractivity contribution is 7.80. The van der Waals surface area contributed by atoms with Crippen LogP contribution in [-0.4, -0.2) is 51.9 Å². The molecule has 0 aromatic heterocycles. The van der Waals surface area contributed by atoms with Crippen LogP contribution >= 0.6 is 12.6 Å². The SMILES string of the molecule is CCC(C)C(NC(=O)C(N)CS)C(=O)NC(Cc1ccc(O)cc1)C(=O)O. The summed E-state index contributed by atoms with van der Waals surface area (Å²) in [4.78, 5) is 36.3. The van der Waals surface area contributed by atoms with E-state index < -0.39 is 35.9 Å². The molecule has 9 heteroatoms. The molecule has 150 valence electrons. The van der Waals surface area contributed by atoms with Crippen LogP contribution in [0.25, 0.3) is 0 Å². The first kappa shape index (κ1) is 22.8. The van der Waals surface area contributed by atoms with Crippen LogP contribution in [0.3, 0.4) is 0 Å². The van der Waals surface area contributed by atoms with Gasteiger partial charge in [0, 0.05) is 12.2 Å². The number of hydrogen-bond acceptors (Lipinski definition) is 6. The van der Waals surface area contributed by atoms with Gasteiger partial charge in [-0.25, -0.2) is 4.79 Å². The van der Waals surface area contributed by atoms with Crippen LogP contribution in [0.5, 0.6) is 5.75 Å². The summed E-state index contributed by atoms with van der Waals surface area (Å²) in [5.74, 6) is -2.33. The number of phenolic OH excluding ortho intramolecular Hbond substituents is 1. The summed E-state index contributed by atoms with van der Waals surface area (Å²) < 4.78 is 0. The monoisotopic (exact) mass is 397 g/mol. The molecular weight excluding hydrogens is 370 g/mol. The Morgan fingerprint density at radius 3 is 2.22 bits per heavy atom. The van der Waals surface area contributed by atoms with Crippen molar-refractivity contribution in [2.45, 2.75) is 44.8 Å². The van der Waals surface area contributed by atoms with Crippen molar-refractivity contribution in [1.82, 2.24) is 10.6 Å². The minimum Gasteiger partial charge on any atom is -0.508 e. The molecule has 0 aliphatic heterocycles. The third-order valence-corrected chi connectivity index (χ3v) is 4.71. The van der Waals surface area contributed by atoms with E-state index in [-0.39, 0.29) is 23.8 Å². The van der Waals surface area contributed by atoms with Crippen molar-refractivity contribution < 1.29 is 24.6 Å². The van der Waals surface area contributed by atoms with Gasteiger partial charge in [-0.05, 0) is 23.6 Å². The average Bonchev–Trinajstić information content (AvgIpc) is 2.65. The lowest BCUT2D eigenvalue weighted by Crippen LogP contribution is -2.57. The van der Waals surface area contributed by atoms with Gasteiger partial charge in [0.15, 0.2) is 0 Å². The zero-order valence-electron chi connectivity index (χ0n) is 15.4. The van der Waals surface area contributed by atoms with Crippen LogP contribution in [-0.2, 0) is 20.8 Å². The van der Waals surface area contributed by atoms with E-state index in [2.05, 4.69) is 23.3 Å². The van der Waals surface area contributed by atoms with Crippen molar-refractivity contribution in [2.75, 3.05) is 5.75 Å². The number of carboxylic acids is 1. The highest BCUT2D eigenvalue weighted by Crippen LogP contribution is 2.13. The number of thiol groups is 1. The maximum atomic E-state index is 12.7. The molecule has 0 bridgehead atoms. The van der Waals surface area contributed by atoms with Gasteiger partial charge in [0.1, 0.15) is 17.8 Å². The number of benzene rings is 1. The molecule has 0 saturated carbocycles. The first-order valence-electron chi connectivity index (χ1n) is 8.67. The van der Waals surface area contributed by atoms with E-state index >= 15 is 0 Å². The molecule has 8 nitrogen and oxygen atoms in total. The van der Waals surface area contributed by atoms with E-state index in [4.69, 9.17) is 5.73 Å². The van der Waals surface area contributed by atoms with E-state index in [1.807, 2.05) is 6.92 Å². The third kappa shape index (κ3) is 7.10. The minimum atomic E-state index is -1.20. The summed E-state index contributed by atoms with van der Waals surface area (Å²) in [7, 11) is 0. The Morgan fingerprint density at radius 2 is 1.74 bits per heavy atom. The second kappa shape index (κ2) is 10.8. The molecule has 0 aliphatic carbocycles. The van der Waals surface area contributed by atoms with Crippen LogP contribution in [0, 0.1) is 5.92 Å². The molecule has 6 N–H and O–H groups in total. The molecule has 0 heterocycles. The van der Waals surface area contributed by atoms with E-state index in [1.54, 1.807) is 19.1 Å². The van der Waals surface area contributed by atoms with Gasteiger partial charge >= 0.3 is 5.97 Å². The van der Waals surface area contributed by atoms with Gasteiger partial charge in [-0.2, -0.15) is 12.6 Å². The topological polar surface area (TPSA) is 142 Å². The van der Waals surface area contributed by atoms with Crippen LogP contribution in [0.1, 0.15) is 25.8 Å². The predicted molar refractivity (Wildman–Crippen MR) is 105 cm³/mol. The summed E-state index contributed by atoms with van der Waals surface area (Å²) >= 11 is 3.97. The van der Waals surface area contributed by atoms with Gasteiger partial charge in [0.25, 0.3) is 0 Å². The molecule has 2 amide bonds. The Kier molecular flexibility index (Phi) is 9.10. The normalized spacial score (nSPS) is 15.3. The highest BCUT2D eigenvalue weighted by atomic mass is 32.1. The van der Waals surface area contributed by atoms with Crippen molar-refractivity contribution in [3.63, 3.8) is 0 Å². The fraction of sp³-hybridized carbons (Fsp3) is 0.500. The Labute approximate surface area is 163 Å². The third-order valence-electron chi connectivity index (χ3n) is 4.32. The smallest absolute Gasteiger partial charge is 0.326 e. The summed E-state index contributed by atoms with van der Waals surface area (Å²) in [6.07, 6.45) is 0.642. The largest absolute Gasteiger partial charge is 0.508 e. The molecule has 1 aromatic carbocycles. The summed E-state index contributed by atoms with van der Waals surface area (Å²) in [5, 5.41) is 23.8. The molecule has 27 heavy (non-hydrogen) atoms. The fourth-order valence-corrected chi connectivity index (χ4v) is 2.54. The number of carbonyl (C=O) groups is 3. The number of carbonyl (C=O) groups excluding carboxylic acids is 2. The number of amides is 2. The lowest BCUT2D eigenvalue weighted by atomic mass is 9.97. The molecule has 0 fully saturated rings. The predicted octanol–water partition coefficient (Wildman–Crippen LogP) is 0.292. The lowest BCUT2D eigenvalue weighted by molar-refractivity contribution is -0.142. The minimum absolute atomic E-state index is 0.0404. The number of aliphatic carboxylic acids is 1. The van der Waals surface area contributed by atoms with Gasteiger partial charge in [0.2, 0.25) is 11.8 Å². The summed E-state index contributed by atoms with van der Waals surface area (Å²) in [6.45, 7) is 3.65. The number of nitrogens with two attached hydrogens (primary N) is 1. The van der Waals surface area contributed by atoms with Gasteiger partial charge in [0.05, 0.1) is 6.04 Å². The quantitative estimate of drug-likeness (QED) is 0.314. The molecule has 0 aliphatic rings. The molecule has 4 unspecified atom stereocenters. The molecule has 0 spiro atoms. The molecule has 1 aromatic rings. The molecule has 1 rings (SSSR count). The zero-order valence-corrected chi connectivity index (χ0v) is 16.3. The average molecular weight is 397 g/mol. The summed E-state index contributed by atoms with van der Waals surface area (Å²) in [6, 6.07) is 3.10. The van der Waals surface area contributed by atoms with Crippen molar-refractivity contribution in [3.8, 4) is 5.75 Å².